The number of hydrogen-bond acceptors (Lipinski definition) is 6. The maximum absolute atomic E-state index is 13.2. The Bertz CT molecular complexity index is 1570. The van der Waals surface area contributed by atoms with E-state index in [-0.39, 0.29) is 22.7 Å². The molecule has 0 aliphatic carbocycles. The third-order valence-electron chi connectivity index (χ3n) is 5.41. The molecule has 0 atom stereocenters. The fourth-order valence-electron chi connectivity index (χ4n) is 3.70. The van der Waals surface area contributed by atoms with Crippen LogP contribution in [0.4, 0.5) is 11.4 Å². The molecule has 0 aliphatic heterocycles. The maximum atomic E-state index is 13.2. The third kappa shape index (κ3) is 4.73. The van der Waals surface area contributed by atoms with E-state index in [0.717, 1.165) is 4.70 Å². The Morgan fingerprint density at radius 1 is 1.06 bits per heavy atom. The van der Waals surface area contributed by atoms with E-state index in [1.807, 2.05) is 13.0 Å². The quantitative estimate of drug-likeness (QED) is 0.266. The van der Waals surface area contributed by atoms with E-state index < -0.39 is 20.9 Å². The fraction of sp³-hybridized carbons (Fsp3) is 0.167. The normalized spacial score (nSPS) is 12.1. The number of para-hydroxylation sites is 1. The highest BCUT2D eigenvalue weighted by molar-refractivity contribution is 7.92. The van der Waals surface area contributed by atoms with Gasteiger partial charge in [-0.05, 0) is 56.3 Å². The SMILES string of the molecule is CCN(c1ccccc1)S(=O)(=O)c1ccc(C(=O)N=c2sc3ccc([N+](=O)[O-])cc3n2CC)cc1. The zero-order valence-electron chi connectivity index (χ0n) is 19.0. The Balaban J connectivity index is 1.67. The van der Waals surface area contributed by atoms with Crippen molar-refractivity contribution < 1.29 is 18.1 Å². The molecule has 0 saturated carbocycles. The smallest absolute Gasteiger partial charge is 0.279 e. The topological polar surface area (TPSA) is 115 Å². The summed E-state index contributed by atoms with van der Waals surface area (Å²) in [7, 11) is -3.81. The number of nitro benzene ring substituents is 1. The Morgan fingerprint density at radius 3 is 2.34 bits per heavy atom. The summed E-state index contributed by atoms with van der Waals surface area (Å²) in [6, 6.07) is 19.0. The molecule has 1 heterocycles. The van der Waals surface area contributed by atoms with Gasteiger partial charge in [0.1, 0.15) is 0 Å². The van der Waals surface area contributed by atoms with Gasteiger partial charge in [-0.1, -0.05) is 29.5 Å². The molecule has 180 valence electrons. The lowest BCUT2D eigenvalue weighted by atomic mass is 10.2. The molecule has 35 heavy (non-hydrogen) atoms. The number of fused-ring (bicyclic) bond motifs is 1. The lowest BCUT2D eigenvalue weighted by Gasteiger charge is -2.22. The lowest BCUT2D eigenvalue weighted by molar-refractivity contribution is -0.384. The van der Waals surface area contributed by atoms with Crippen LogP contribution < -0.4 is 9.11 Å². The number of nitro groups is 1. The number of non-ortho nitro benzene ring substituents is 1. The molecule has 0 radical (unpaired) electrons. The molecule has 9 nitrogen and oxygen atoms in total. The molecule has 11 heteroatoms. The number of aromatic nitrogens is 1. The Kier molecular flexibility index (Phi) is 6.81. The summed E-state index contributed by atoms with van der Waals surface area (Å²) in [6.45, 7) is 4.34. The number of thiazole rings is 1. The molecule has 3 aromatic carbocycles. The summed E-state index contributed by atoms with van der Waals surface area (Å²) >= 11 is 1.25. The molecular formula is C24H22N4O5S2. The molecule has 1 amide bonds. The van der Waals surface area contributed by atoms with Crippen molar-refractivity contribution in [2.45, 2.75) is 25.3 Å². The van der Waals surface area contributed by atoms with Gasteiger partial charge in [-0.2, -0.15) is 4.99 Å². The van der Waals surface area contributed by atoms with E-state index in [1.54, 1.807) is 41.8 Å². The minimum absolute atomic E-state index is 0.0381. The van der Waals surface area contributed by atoms with E-state index in [1.165, 1.54) is 52.0 Å². The second-order valence-electron chi connectivity index (χ2n) is 7.48. The van der Waals surface area contributed by atoms with Crippen LogP contribution in [0, 0.1) is 10.1 Å². The van der Waals surface area contributed by atoms with Gasteiger partial charge in [0.2, 0.25) is 0 Å². The molecule has 1 aromatic heterocycles. The zero-order valence-corrected chi connectivity index (χ0v) is 20.6. The van der Waals surface area contributed by atoms with Crippen LogP contribution in [-0.4, -0.2) is 30.4 Å². The number of benzene rings is 3. The highest BCUT2D eigenvalue weighted by Gasteiger charge is 2.23. The van der Waals surface area contributed by atoms with Crippen molar-refractivity contribution in [2.75, 3.05) is 10.8 Å². The molecular weight excluding hydrogens is 488 g/mol. The molecule has 0 fully saturated rings. The Hall–Kier alpha value is -3.83. The predicted molar refractivity (Wildman–Crippen MR) is 135 cm³/mol. The van der Waals surface area contributed by atoms with Crippen LogP contribution >= 0.6 is 11.3 Å². The van der Waals surface area contributed by atoms with Crippen molar-refractivity contribution in [3.8, 4) is 0 Å². The van der Waals surface area contributed by atoms with Crippen molar-refractivity contribution in [1.82, 2.24) is 4.57 Å². The summed E-state index contributed by atoms with van der Waals surface area (Å²) in [4.78, 5) is 28.2. The van der Waals surface area contributed by atoms with Crippen LogP contribution in [0.1, 0.15) is 24.2 Å². The molecule has 0 spiro atoms. The second-order valence-corrected chi connectivity index (χ2v) is 10.4. The Morgan fingerprint density at radius 2 is 1.74 bits per heavy atom. The minimum atomic E-state index is -3.81. The van der Waals surface area contributed by atoms with Gasteiger partial charge in [0.05, 0.1) is 25.7 Å². The molecule has 0 N–H and O–H groups in total. The van der Waals surface area contributed by atoms with E-state index >= 15 is 0 Å². The fourth-order valence-corrected chi connectivity index (χ4v) is 6.24. The van der Waals surface area contributed by atoms with Gasteiger partial charge in [0.25, 0.3) is 21.6 Å². The number of carbonyl (C=O) groups is 1. The molecule has 4 aromatic rings. The number of amides is 1. The van der Waals surface area contributed by atoms with Crippen LogP contribution in [0.15, 0.2) is 82.7 Å². The molecule has 0 saturated heterocycles. The van der Waals surface area contributed by atoms with Gasteiger partial charge in [-0.25, -0.2) is 8.42 Å². The standard InChI is InChI=1S/C24H22N4O5S2/c1-3-26-21-16-19(28(30)31)12-15-22(21)34-24(26)25-23(29)17-10-13-20(14-11-17)35(32,33)27(4-2)18-8-6-5-7-9-18/h5-16H,3-4H2,1-2H3. The number of anilines is 1. The summed E-state index contributed by atoms with van der Waals surface area (Å²) < 4.78 is 30.1. The van der Waals surface area contributed by atoms with E-state index in [9.17, 15) is 23.3 Å². The van der Waals surface area contributed by atoms with Gasteiger partial charge in [0, 0.05) is 30.8 Å². The molecule has 0 bridgehead atoms. The highest BCUT2D eigenvalue weighted by atomic mass is 32.2. The first kappa shape index (κ1) is 24.3. The molecule has 4 rings (SSSR count). The Labute approximate surface area is 205 Å². The van der Waals surface area contributed by atoms with Crippen LogP contribution in [0.5, 0.6) is 0 Å². The largest absolute Gasteiger partial charge is 0.316 e. The average Bonchev–Trinajstić information content (AvgIpc) is 3.21. The minimum Gasteiger partial charge on any atom is -0.316 e. The number of nitrogens with zero attached hydrogens (tertiary/aromatic N) is 4. The van der Waals surface area contributed by atoms with E-state index in [0.29, 0.717) is 22.6 Å². The summed E-state index contributed by atoms with van der Waals surface area (Å²) in [5.74, 6) is -0.535. The van der Waals surface area contributed by atoms with Gasteiger partial charge in [-0.3, -0.25) is 19.2 Å². The van der Waals surface area contributed by atoms with E-state index in [4.69, 9.17) is 0 Å². The number of carbonyl (C=O) groups excluding carboxylic acids is 1. The van der Waals surface area contributed by atoms with Crippen LogP contribution in [0.3, 0.4) is 0 Å². The first-order chi connectivity index (χ1) is 16.8. The lowest BCUT2D eigenvalue weighted by Crippen LogP contribution is -2.30. The van der Waals surface area contributed by atoms with Gasteiger partial charge < -0.3 is 4.57 Å². The third-order valence-corrected chi connectivity index (χ3v) is 8.39. The van der Waals surface area contributed by atoms with Crippen molar-refractivity contribution in [3.05, 3.63) is 93.3 Å². The number of aryl methyl sites for hydroxylation is 1. The van der Waals surface area contributed by atoms with Crippen molar-refractivity contribution in [3.63, 3.8) is 0 Å². The van der Waals surface area contributed by atoms with Gasteiger partial charge >= 0.3 is 0 Å². The molecule has 0 unspecified atom stereocenters. The second kappa shape index (κ2) is 9.80. The first-order valence-electron chi connectivity index (χ1n) is 10.8. The van der Waals surface area contributed by atoms with Crippen molar-refractivity contribution in [1.29, 1.82) is 0 Å². The monoisotopic (exact) mass is 510 g/mol. The highest BCUT2D eigenvalue weighted by Crippen LogP contribution is 2.25. The maximum Gasteiger partial charge on any atom is 0.279 e. The van der Waals surface area contributed by atoms with Gasteiger partial charge in [-0.15, -0.1) is 0 Å². The number of sulfonamides is 1. The molecule has 0 aliphatic rings. The van der Waals surface area contributed by atoms with Crippen LogP contribution in [-0.2, 0) is 16.6 Å². The number of rotatable bonds is 7. The summed E-state index contributed by atoms with van der Waals surface area (Å²) in [5, 5.41) is 11.1. The number of hydrogen-bond donors (Lipinski definition) is 0. The average molecular weight is 511 g/mol. The van der Waals surface area contributed by atoms with Crippen molar-refractivity contribution >= 4 is 48.9 Å². The van der Waals surface area contributed by atoms with Gasteiger partial charge in [0.15, 0.2) is 4.80 Å². The van der Waals surface area contributed by atoms with E-state index in [2.05, 4.69) is 4.99 Å². The summed E-state index contributed by atoms with van der Waals surface area (Å²) in [5.41, 5.74) is 1.38. The summed E-state index contributed by atoms with van der Waals surface area (Å²) in [6.07, 6.45) is 0. The first-order valence-corrected chi connectivity index (χ1v) is 13.1. The van der Waals surface area contributed by atoms with Crippen molar-refractivity contribution in [2.24, 2.45) is 4.99 Å². The van der Waals surface area contributed by atoms with Crippen LogP contribution in [0.2, 0.25) is 0 Å². The van der Waals surface area contributed by atoms with Crippen LogP contribution in [0.25, 0.3) is 10.2 Å². The predicted octanol–water partition coefficient (Wildman–Crippen LogP) is 4.59. The zero-order chi connectivity index (χ0) is 25.2.